The van der Waals surface area contributed by atoms with E-state index in [1.165, 1.54) is 30.3 Å². The standard InChI is InChI=1S/C13H9ClFN3O2S/c14-10-5-4-8(17)6-12(10)18-21(19,20)13-3-1-2-11(15)9(13)7-16/h1-6,18H,17H2. The third kappa shape index (κ3) is 3.07. The molecule has 0 unspecified atom stereocenters. The number of sulfonamides is 1. The molecule has 0 fully saturated rings. The number of nitriles is 1. The topological polar surface area (TPSA) is 96.0 Å². The number of hydrogen-bond acceptors (Lipinski definition) is 4. The molecule has 0 atom stereocenters. The molecular formula is C13H9ClFN3O2S. The molecule has 0 saturated heterocycles. The summed E-state index contributed by atoms with van der Waals surface area (Å²) < 4.78 is 40.2. The molecular weight excluding hydrogens is 317 g/mol. The number of anilines is 2. The number of rotatable bonds is 3. The van der Waals surface area contributed by atoms with Crippen LogP contribution in [0.3, 0.4) is 0 Å². The van der Waals surface area contributed by atoms with Gasteiger partial charge in [-0.2, -0.15) is 5.26 Å². The van der Waals surface area contributed by atoms with Crippen LogP contribution in [-0.4, -0.2) is 8.42 Å². The second-order valence-electron chi connectivity index (χ2n) is 4.07. The monoisotopic (exact) mass is 325 g/mol. The van der Waals surface area contributed by atoms with E-state index in [0.717, 1.165) is 12.1 Å². The van der Waals surface area contributed by atoms with Crippen LogP contribution >= 0.6 is 11.6 Å². The van der Waals surface area contributed by atoms with Crippen LogP contribution in [0.5, 0.6) is 0 Å². The molecule has 0 spiro atoms. The fourth-order valence-electron chi connectivity index (χ4n) is 1.66. The minimum absolute atomic E-state index is 0.0461. The zero-order valence-corrected chi connectivity index (χ0v) is 12.0. The van der Waals surface area contributed by atoms with Crippen LogP contribution in [0, 0.1) is 17.1 Å². The molecule has 0 aliphatic heterocycles. The SMILES string of the molecule is N#Cc1c(F)cccc1S(=O)(=O)Nc1cc(N)ccc1Cl. The Kier molecular flexibility index (Phi) is 4.02. The highest BCUT2D eigenvalue weighted by atomic mass is 35.5. The molecule has 0 aliphatic rings. The normalized spacial score (nSPS) is 10.9. The van der Waals surface area contributed by atoms with Gasteiger partial charge in [0.05, 0.1) is 10.7 Å². The summed E-state index contributed by atoms with van der Waals surface area (Å²) in [5.41, 5.74) is 5.34. The van der Waals surface area contributed by atoms with Crippen LogP contribution in [0.2, 0.25) is 5.02 Å². The Hall–Kier alpha value is -2.30. The van der Waals surface area contributed by atoms with E-state index >= 15 is 0 Å². The first kappa shape index (κ1) is 15.1. The Labute approximate surface area is 125 Å². The lowest BCUT2D eigenvalue weighted by atomic mass is 10.2. The fraction of sp³-hybridized carbons (Fsp3) is 0. The van der Waals surface area contributed by atoms with Crippen LogP contribution in [0.1, 0.15) is 5.56 Å². The molecule has 0 radical (unpaired) electrons. The predicted octanol–water partition coefficient (Wildman–Crippen LogP) is 2.73. The molecule has 0 amide bonds. The van der Waals surface area contributed by atoms with E-state index < -0.39 is 26.3 Å². The smallest absolute Gasteiger partial charge is 0.263 e. The van der Waals surface area contributed by atoms with Crippen molar-refractivity contribution >= 4 is 33.0 Å². The van der Waals surface area contributed by atoms with Crippen molar-refractivity contribution in [2.24, 2.45) is 0 Å². The highest BCUT2D eigenvalue weighted by Crippen LogP contribution is 2.28. The molecule has 108 valence electrons. The summed E-state index contributed by atoms with van der Waals surface area (Å²) in [5, 5.41) is 9.03. The van der Waals surface area contributed by atoms with Crippen molar-refractivity contribution in [1.29, 1.82) is 5.26 Å². The third-order valence-corrected chi connectivity index (χ3v) is 4.35. The summed E-state index contributed by atoms with van der Waals surface area (Å²) >= 11 is 5.87. The van der Waals surface area contributed by atoms with Gasteiger partial charge < -0.3 is 5.73 Å². The minimum atomic E-state index is -4.17. The van der Waals surface area contributed by atoms with Gasteiger partial charge in [-0.3, -0.25) is 4.72 Å². The van der Waals surface area contributed by atoms with Gasteiger partial charge in [0.25, 0.3) is 10.0 Å². The Morgan fingerprint density at radius 3 is 2.67 bits per heavy atom. The molecule has 21 heavy (non-hydrogen) atoms. The molecule has 3 N–H and O–H groups in total. The van der Waals surface area contributed by atoms with E-state index in [9.17, 15) is 12.8 Å². The van der Waals surface area contributed by atoms with Crippen molar-refractivity contribution in [3.63, 3.8) is 0 Å². The van der Waals surface area contributed by atoms with Crippen molar-refractivity contribution < 1.29 is 12.8 Å². The van der Waals surface area contributed by atoms with Gasteiger partial charge in [0.2, 0.25) is 0 Å². The molecule has 0 heterocycles. The highest BCUT2D eigenvalue weighted by molar-refractivity contribution is 7.92. The van der Waals surface area contributed by atoms with E-state index in [0.29, 0.717) is 5.69 Å². The Bertz CT molecular complexity index is 847. The molecule has 0 bridgehead atoms. The van der Waals surface area contributed by atoms with Gasteiger partial charge in [-0.25, -0.2) is 12.8 Å². The first-order chi connectivity index (χ1) is 9.85. The number of hydrogen-bond donors (Lipinski definition) is 2. The zero-order valence-electron chi connectivity index (χ0n) is 10.5. The van der Waals surface area contributed by atoms with Crippen LogP contribution < -0.4 is 10.5 Å². The summed E-state index contributed by atoms with van der Waals surface area (Å²) in [5.74, 6) is -0.918. The number of benzene rings is 2. The molecule has 2 aromatic rings. The van der Waals surface area contributed by atoms with E-state index in [2.05, 4.69) is 4.72 Å². The first-order valence-electron chi connectivity index (χ1n) is 5.61. The number of nitrogens with one attached hydrogen (secondary N) is 1. The predicted molar refractivity (Wildman–Crippen MR) is 77.8 cm³/mol. The summed E-state index contributed by atoms with van der Waals surface area (Å²) in [6, 6.07) is 9.11. The highest BCUT2D eigenvalue weighted by Gasteiger charge is 2.22. The zero-order chi connectivity index (χ0) is 15.6. The lowest BCUT2D eigenvalue weighted by molar-refractivity contribution is 0.593. The fourth-order valence-corrected chi connectivity index (χ4v) is 3.12. The van der Waals surface area contributed by atoms with Crippen LogP contribution in [0.25, 0.3) is 0 Å². The maximum absolute atomic E-state index is 13.5. The first-order valence-corrected chi connectivity index (χ1v) is 7.48. The lowest BCUT2D eigenvalue weighted by Crippen LogP contribution is -2.15. The quantitative estimate of drug-likeness (QED) is 0.848. The van der Waals surface area contributed by atoms with Gasteiger partial charge in [-0.05, 0) is 30.3 Å². The maximum Gasteiger partial charge on any atom is 0.263 e. The Balaban J connectivity index is 2.52. The number of halogens is 2. The van der Waals surface area contributed by atoms with Gasteiger partial charge in [0.1, 0.15) is 22.3 Å². The van der Waals surface area contributed by atoms with Gasteiger partial charge in [0.15, 0.2) is 0 Å². The van der Waals surface area contributed by atoms with Gasteiger partial charge in [-0.1, -0.05) is 17.7 Å². The van der Waals surface area contributed by atoms with E-state index in [4.69, 9.17) is 22.6 Å². The van der Waals surface area contributed by atoms with Crippen molar-refractivity contribution in [2.75, 3.05) is 10.5 Å². The van der Waals surface area contributed by atoms with Crippen molar-refractivity contribution in [1.82, 2.24) is 0 Å². The average Bonchev–Trinajstić information content (AvgIpc) is 2.42. The Morgan fingerprint density at radius 2 is 2.00 bits per heavy atom. The van der Waals surface area contributed by atoms with E-state index in [-0.39, 0.29) is 10.7 Å². The largest absolute Gasteiger partial charge is 0.399 e. The van der Waals surface area contributed by atoms with Crippen molar-refractivity contribution in [2.45, 2.75) is 4.90 Å². The third-order valence-electron chi connectivity index (χ3n) is 2.61. The van der Waals surface area contributed by atoms with Gasteiger partial charge in [0, 0.05) is 5.69 Å². The molecule has 2 aromatic carbocycles. The van der Waals surface area contributed by atoms with Crippen molar-refractivity contribution in [3.05, 3.63) is 52.8 Å². The Morgan fingerprint density at radius 1 is 1.29 bits per heavy atom. The molecule has 5 nitrogen and oxygen atoms in total. The number of nitrogen functional groups attached to an aromatic ring is 1. The summed E-state index contributed by atoms with van der Waals surface area (Å²) in [4.78, 5) is -0.469. The number of nitrogens with two attached hydrogens (primary N) is 1. The second kappa shape index (κ2) is 5.60. The second-order valence-corrected chi connectivity index (χ2v) is 6.13. The van der Waals surface area contributed by atoms with E-state index in [1.807, 2.05) is 0 Å². The molecule has 8 heteroatoms. The van der Waals surface area contributed by atoms with Crippen molar-refractivity contribution in [3.8, 4) is 6.07 Å². The molecule has 0 saturated carbocycles. The van der Waals surface area contributed by atoms with Gasteiger partial charge in [-0.15, -0.1) is 0 Å². The van der Waals surface area contributed by atoms with Crippen LogP contribution in [-0.2, 0) is 10.0 Å². The summed E-state index contributed by atoms with van der Waals surface area (Å²) in [7, 11) is -4.17. The summed E-state index contributed by atoms with van der Waals surface area (Å²) in [6.07, 6.45) is 0. The molecule has 0 aliphatic carbocycles. The molecule has 2 rings (SSSR count). The van der Waals surface area contributed by atoms with Crippen LogP contribution in [0.4, 0.5) is 15.8 Å². The minimum Gasteiger partial charge on any atom is -0.399 e. The average molecular weight is 326 g/mol. The van der Waals surface area contributed by atoms with Gasteiger partial charge >= 0.3 is 0 Å². The van der Waals surface area contributed by atoms with E-state index in [1.54, 1.807) is 0 Å². The number of nitrogens with zero attached hydrogens (tertiary/aromatic N) is 1. The maximum atomic E-state index is 13.5. The lowest BCUT2D eigenvalue weighted by Gasteiger charge is -2.11. The van der Waals surface area contributed by atoms with Crippen LogP contribution in [0.15, 0.2) is 41.3 Å². The summed E-state index contributed by atoms with van der Waals surface area (Å²) in [6.45, 7) is 0. The molecule has 0 aromatic heterocycles.